The van der Waals surface area contributed by atoms with Gasteiger partial charge < -0.3 is 4.74 Å². The van der Waals surface area contributed by atoms with Crippen LogP contribution < -0.4 is 5.32 Å². The van der Waals surface area contributed by atoms with E-state index in [0.717, 1.165) is 26.0 Å². The summed E-state index contributed by atoms with van der Waals surface area (Å²) in [7, 11) is -2.81. The smallest absolute Gasteiger partial charge is 0.150 e. The van der Waals surface area contributed by atoms with Gasteiger partial charge in [-0.05, 0) is 18.8 Å². The Balaban J connectivity index is 1.93. The van der Waals surface area contributed by atoms with Crippen molar-refractivity contribution >= 4 is 9.84 Å². The number of rotatable bonds is 1. The van der Waals surface area contributed by atoms with Gasteiger partial charge in [-0.2, -0.15) is 0 Å². The summed E-state index contributed by atoms with van der Waals surface area (Å²) in [5.41, 5.74) is 0. The number of nitrogens with one attached hydrogen (secondary N) is 1. The molecule has 3 atom stereocenters. The predicted octanol–water partition coefficient (Wildman–Crippen LogP) is 0.393. The summed E-state index contributed by atoms with van der Waals surface area (Å²) in [6.07, 6.45) is 1.70. The Kier molecular flexibility index (Phi) is 3.33. The van der Waals surface area contributed by atoms with Gasteiger partial charge in [0, 0.05) is 12.5 Å². The minimum absolute atomic E-state index is 0.0451. The zero-order valence-corrected chi connectivity index (χ0v) is 9.92. The first-order valence-electron chi connectivity index (χ1n) is 5.62. The lowest BCUT2D eigenvalue weighted by Crippen LogP contribution is -2.49. The SMILES string of the molecule is CC1CNC(C2CCCS(=O)(=O)C2)OC1. The molecule has 1 N–H and O–H groups in total. The van der Waals surface area contributed by atoms with Crippen LogP contribution in [-0.4, -0.2) is 39.3 Å². The third kappa shape index (κ3) is 2.92. The molecule has 88 valence electrons. The first-order valence-corrected chi connectivity index (χ1v) is 7.44. The van der Waals surface area contributed by atoms with Gasteiger partial charge >= 0.3 is 0 Å². The highest BCUT2D eigenvalue weighted by molar-refractivity contribution is 7.91. The van der Waals surface area contributed by atoms with Crippen LogP contribution in [0.5, 0.6) is 0 Å². The van der Waals surface area contributed by atoms with E-state index in [0.29, 0.717) is 17.4 Å². The third-order valence-corrected chi connectivity index (χ3v) is 5.00. The predicted molar refractivity (Wildman–Crippen MR) is 58.3 cm³/mol. The van der Waals surface area contributed by atoms with E-state index in [9.17, 15) is 8.42 Å². The van der Waals surface area contributed by atoms with Gasteiger partial charge in [-0.3, -0.25) is 5.32 Å². The molecule has 15 heavy (non-hydrogen) atoms. The molecule has 2 aliphatic heterocycles. The molecule has 2 aliphatic rings. The maximum Gasteiger partial charge on any atom is 0.150 e. The summed E-state index contributed by atoms with van der Waals surface area (Å²) >= 11 is 0. The van der Waals surface area contributed by atoms with Crippen LogP contribution >= 0.6 is 0 Å². The Hall–Kier alpha value is -0.130. The maximum absolute atomic E-state index is 11.5. The first kappa shape index (κ1) is 11.4. The Morgan fingerprint density at radius 3 is 2.80 bits per heavy atom. The summed E-state index contributed by atoms with van der Waals surface area (Å²) in [4.78, 5) is 0. The highest BCUT2D eigenvalue weighted by Gasteiger charge is 2.33. The summed E-state index contributed by atoms with van der Waals surface area (Å²) in [5.74, 6) is 1.32. The molecular weight excluding hydrogens is 214 g/mol. The van der Waals surface area contributed by atoms with E-state index in [1.807, 2.05) is 0 Å². The van der Waals surface area contributed by atoms with Crippen molar-refractivity contribution in [3.8, 4) is 0 Å². The van der Waals surface area contributed by atoms with Crippen molar-refractivity contribution in [2.24, 2.45) is 11.8 Å². The summed E-state index contributed by atoms with van der Waals surface area (Å²) < 4.78 is 28.6. The van der Waals surface area contributed by atoms with E-state index in [4.69, 9.17) is 4.74 Å². The van der Waals surface area contributed by atoms with Crippen LogP contribution in [0.2, 0.25) is 0 Å². The highest BCUT2D eigenvalue weighted by atomic mass is 32.2. The molecule has 0 spiro atoms. The molecule has 2 heterocycles. The molecule has 3 unspecified atom stereocenters. The second kappa shape index (κ2) is 4.39. The van der Waals surface area contributed by atoms with Crippen molar-refractivity contribution in [3.05, 3.63) is 0 Å². The van der Waals surface area contributed by atoms with Crippen LogP contribution in [0.15, 0.2) is 0 Å². The lowest BCUT2D eigenvalue weighted by molar-refractivity contribution is -0.0540. The number of hydrogen-bond donors (Lipinski definition) is 1. The molecule has 0 aromatic carbocycles. The first-order chi connectivity index (χ1) is 7.07. The van der Waals surface area contributed by atoms with E-state index in [1.54, 1.807) is 0 Å². The van der Waals surface area contributed by atoms with Crippen LogP contribution in [0.3, 0.4) is 0 Å². The average molecular weight is 233 g/mol. The second-order valence-electron chi connectivity index (χ2n) is 4.78. The molecule has 0 bridgehead atoms. The summed E-state index contributed by atoms with van der Waals surface area (Å²) in [5, 5.41) is 3.29. The van der Waals surface area contributed by atoms with E-state index in [2.05, 4.69) is 12.2 Å². The van der Waals surface area contributed by atoms with Crippen LogP contribution in [0, 0.1) is 11.8 Å². The Labute approximate surface area is 91.3 Å². The zero-order chi connectivity index (χ0) is 10.9. The quantitative estimate of drug-likeness (QED) is 0.712. The van der Waals surface area contributed by atoms with Gasteiger partial charge in [-0.15, -0.1) is 0 Å². The van der Waals surface area contributed by atoms with Gasteiger partial charge in [0.25, 0.3) is 0 Å². The number of sulfone groups is 1. The highest BCUT2D eigenvalue weighted by Crippen LogP contribution is 2.24. The van der Waals surface area contributed by atoms with Crippen LogP contribution in [0.4, 0.5) is 0 Å². The van der Waals surface area contributed by atoms with Gasteiger partial charge in [0.05, 0.1) is 18.1 Å². The average Bonchev–Trinajstić information content (AvgIpc) is 2.17. The molecule has 2 rings (SSSR count). The topological polar surface area (TPSA) is 55.4 Å². The molecule has 2 saturated heterocycles. The van der Waals surface area contributed by atoms with Gasteiger partial charge in [-0.1, -0.05) is 6.92 Å². The fourth-order valence-corrected chi connectivity index (χ4v) is 4.07. The fraction of sp³-hybridized carbons (Fsp3) is 1.00. The Morgan fingerprint density at radius 1 is 1.40 bits per heavy atom. The van der Waals surface area contributed by atoms with Gasteiger partial charge in [-0.25, -0.2) is 8.42 Å². The lowest BCUT2D eigenvalue weighted by Gasteiger charge is -2.35. The summed E-state index contributed by atoms with van der Waals surface area (Å²) in [6, 6.07) is 0. The second-order valence-corrected chi connectivity index (χ2v) is 7.01. The third-order valence-electron chi connectivity index (χ3n) is 3.15. The minimum atomic E-state index is -2.81. The molecule has 5 heteroatoms. The van der Waals surface area contributed by atoms with Crippen LogP contribution in [0.25, 0.3) is 0 Å². The number of hydrogen-bond acceptors (Lipinski definition) is 4. The van der Waals surface area contributed by atoms with E-state index < -0.39 is 9.84 Å². The van der Waals surface area contributed by atoms with Crippen molar-refractivity contribution in [2.75, 3.05) is 24.7 Å². The fourth-order valence-electron chi connectivity index (χ4n) is 2.30. The zero-order valence-electron chi connectivity index (χ0n) is 9.11. The maximum atomic E-state index is 11.5. The van der Waals surface area contributed by atoms with Crippen LogP contribution in [0.1, 0.15) is 19.8 Å². The van der Waals surface area contributed by atoms with Crippen molar-refractivity contribution in [3.63, 3.8) is 0 Å². The normalized spacial score (nSPS) is 41.3. The van der Waals surface area contributed by atoms with E-state index in [-0.39, 0.29) is 12.1 Å². The standard InChI is InChI=1S/C10H19NO3S/c1-8-5-11-10(14-6-8)9-3-2-4-15(12,13)7-9/h8-11H,2-7H2,1H3. The van der Waals surface area contributed by atoms with Gasteiger partial charge in [0.1, 0.15) is 6.23 Å². The molecule has 2 fully saturated rings. The molecule has 4 nitrogen and oxygen atoms in total. The monoisotopic (exact) mass is 233 g/mol. The molecule has 0 aliphatic carbocycles. The van der Waals surface area contributed by atoms with E-state index in [1.165, 1.54) is 0 Å². The van der Waals surface area contributed by atoms with Crippen molar-refractivity contribution < 1.29 is 13.2 Å². The molecule has 0 amide bonds. The number of ether oxygens (including phenoxy) is 1. The molecular formula is C10H19NO3S. The van der Waals surface area contributed by atoms with E-state index >= 15 is 0 Å². The Bertz CT molecular complexity index is 307. The van der Waals surface area contributed by atoms with Crippen molar-refractivity contribution in [1.29, 1.82) is 0 Å². The molecule has 0 aromatic heterocycles. The van der Waals surface area contributed by atoms with Crippen molar-refractivity contribution in [2.45, 2.75) is 26.0 Å². The largest absolute Gasteiger partial charge is 0.363 e. The molecule has 0 saturated carbocycles. The van der Waals surface area contributed by atoms with Gasteiger partial charge in [0.2, 0.25) is 0 Å². The van der Waals surface area contributed by atoms with Gasteiger partial charge in [0.15, 0.2) is 9.84 Å². The molecule has 0 radical (unpaired) electrons. The minimum Gasteiger partial charge on any atom is -0.363 e. The lowest BCUT2D eigenvalue weighted by atomic mass is 10.0. The summed E-state index contributed by atoms with van der Waals surface area (Å²) in [6.45, 7) is 3.80. The van der Waals surface area contributed by atoms with Crippen LogP contribution in [-0.2, 0) is 14.6 Å². The Morgan fingerprint density at radius 2 is 2.20 bits per heavy atom. The van der Waals surface area contributed by atoms with Crippen molar-refractivity contribution in [1.82, 2.24) is 5.32 Å². The molecule has 0 aromatic rings.